The van der Waals surface area contributed by atoms with Crippen LogP contribution in [-0.4, -0.2) is 58.2 Å². The van der Waals surface area contributed by atoms with Gasteiger partial charge in [-0.3, -0.25) is 9.48 Å². The highest BCUT2D eigenvalue weighted by Crippen LogP contribution is 2.38. The fraction of sp³-hybridized carbons (Fsp3) is 0.346. The SMILES string of the molecule is C=C(C#N)CN1Cc2c(-c3ccc4cnn(C)c4c3)ccc(NC3CCN(C)CC3)c2C1=O. The summed E-state index contributed by atoms with van der Waals surface area (Å²) in [6.45, 7) is 6.60. The van der Waals surface area contributed by atoms with E-state index in [4.69, 9.17) is 0 Å². The summed E-state index contributed by atoms with van der Waals surface area (Å²) in [5.41, 5.74) is 6.16. The largest absolute Gasteiger partial charge is 0.382 e. The van der Waals surface area contributed by atoms with E-state index in [9.17, 15) is 10.1 Å². The Hall–Kier alpha value is -3.63. The zero-order valence-electron chi connectivity index (χ0n) is 19.1. The molecule has 0 bridgehead atoms. The number of carbonyl (C=O) groups is 1. The van der Waals surface area contributed by atoms with Crippen LogP contribution in [-0.2, 0) is 13.6 Å². The number of hydrogen-bond donors (Lipinski definition) is 1. The predicted molar refractivity (Wildman–Crippen MR) is 130 cm³/mol. The Morgan fingerprint density at radius 3 is 2.79 bits per heavy atom. The number of aryl methyl sites for hydroxylation is 1. The van der Waals surface area contributed by atoms with Crippen molar-refractivity contribution in [1.29, 1.82) is 5.26 Å². The number of likely N-dealkylation sites (tertiary alicyclic amines) is 1. The highest BCUT2D eigenvalue weighted by molar-refractivity contribution is 6.06. The molecule has 2 aromatic carbocycles. The molecule has 2 aliphatic heterocycles. The molecule has 1 aromatic heterocycles. The number of aromatic nitrogens is 2. The van der Waals surface area contributed by atoms with Crippen LogP contribution >= 0.6 is 0 Å². The Kier molecular flexibility index (Phi) is 5.39. The van der Waals surface area contributed by atoms with Crippen LogP contribution in [0.1, 0.15) is 28.8 Å². The van der Waals surface area contributed by atoms with Crippen molar-refractivity contribution in [3.05, 3.63) is 59.8 Å². The molecule has 0 radical (unpaired) electrons. The van der Waals surface area contributed by atoms with E-state index in [1.807, 2.05) is 24.0 Å². The van der Waals surface area contributed by atoms with E-state index < -0.39 is 0 Å². The van der Waals surface area contributed by atoms with E-state index in [0.717, 1.165) is 64.8 Å². The van der Waals surface area contributed by atoms with Crippen LogP contribution in [0.2, 0.25) is 0 Å². The molecule has 0 atom stereocenters. The highest BCUT2D eigenvalue weighted by atomic mass is 16.2. The maximum atomic E-state index is 13.5. The third-order valence-corrected chi connectivity index (χ3v) is 6.84. The molecule has 1 amide bonds. The lowest BCUT2D eigenvalue weighted by Crippen LogP contribution is -2.37. The van der Waals surface area contributed by atoms with Crippen molar-refractivity contribution >= 4 is 22.5 Å². The number of nitrogens with zero attached hydrogens (tertiary/aromatic N) is 5. The van der Waals surface area contributed by atoms with Gasteiger partial charge < -0.3 is 15.1 Å². The molecule has 168 valence electrons. The molecule has 2 aliphatic rings. The second-order valence-electron chi connectivity index (χ2n) is 9.15. The lowest BCUT2D eigenvalue weighted by atomic mass is 9.94. The van der Waals surface area contributed by atoms with Crippen molar-refractivity contribution < 1.29 is 4.79 Å². The van der Waals surface area contributed by atoms with E-state index in [1.165, 1.54) is 0 Å². The third kappa shape index (κ3) is 3.87. The van der Waals surface area contributed by atoms with Gasteiger partial charge in [0.2, 0.25) is 0 Å². The van der Waals surface area contributed by atoms with Gasteiger partial charge >= 0.3 is 0 Å². The summed E-state index contributed by atoms with van der Waals surface area (Å²) in [6.07, 6.45) is 3.96. The van der Waals surface area contributed by atoms with Gasteiger partial charge in [-0.05, 0) is 61.8 Å². The van der Waals surface area contributed by atoms with Crippen molar-refractivity contribution in [2.75, 3.05) is 32.0 Å². The molecule has 0 aliphatic carbocycles. The summed E-state index contributed by atoms with van der Waals surface area (Å²) in [6, 6.07) is 12.9. The summed E-state index contributed by atoms with van der Waals surface area (Å²) in [5.74, 6) is -0.0414. The minimum atomic E-state index is -0.0414. The topological polar surface area (TPSA) is 77.2 Å². The minimum Gasteiger partial charge on any atom is -0.382 e. The Balaban J connectivity index is 1.56. The molecule has 3 heterocycles. The summed E-state index contributed by atoms with van der Waals surface area (Å²) >= 11 is 0. The number of fused-ring (bicyclic) bond motifs is 2. The van der Waals surface area contributed by atoms with Crippen LogP contribution in [0, 0.1) is 11.3 Å². The smallest absolute Gasteiger partial charge is 0.256 e. The van der Waals surface area contributed by atoms with Gasteiger partial charge in [-0.2, -0.15) is 10.4 Å². The van der Waals surface area contributed by atoms with Gasteiger partial charge in [0.05, 0.1) is 29.9 Å². The molecule has 7 heteroatoms. The summed E-state index contributed by atoms with van der Waals surface area (Å²) in [4.78, 5) is 17.5. The molecular weight excluding hydrogens is 412 g/mol. The van der Waals surface area contributed by atoms with E-state index >= 15 is 0 Å². The van der Waals surface area contributed by atoms with Crippen molar-refractivity contribution in [3.63, 3.8) is 0 Å². The molecule has 0 spiro atoms. The minimum absolute atomic E-state index is 0.0414. The molecule has 33 heavy (non-hydrogen) atoms. The predicted octanol–water partition coefficient (Wildman–Crippen LogP) is 3.78. The number of nitriles is 1. The van der Waals surface area contributed by atoms with Crippen LogP contribution in [0.25, 0.3) is 22.0 Å². The average molecular weight is 441 g/mol. The summed E-state index contributed by atoms with van der Waals surface area (Å²) < 4.78 is 1.86. The zero-order chi connectivity index (χ0) is 23.1. The van der Waals surface area contributed by atoms with Crippen molar-refractivity contribution in [2.24, 2.45) is 7.05 Å². The van der Waals surface area contributed by atoms with Crippen LogP contribution in [0.4, 0.5) is 5.69 Å². The Morgan fingerprint density at radius 2 is 2.03 bits per heavy atom. The van der Waals surface area contributed by atoms with E-state index in [0.29, 0.717) is 18.2 Å². The number of benzene rings is 2. The Morgan fingerprint density at radius 1 is 1.24 bits per heavy atom. The van der Waals surface area contributed by atoms with Crippen LogP contribution in [0.5, 0.6) is 0 Å². The number of anilines is 1. The Labute approximate surface area is 193 Å². The number of rotatable bonds is 5. The van der Waals surface area contributed by atoms with E-state index in [-0.39, 0.29) is 12.5 Å². The van der Waals surface area contributed by atoms with Crippen molar-refractivity contribution in [3.8, 4) is 17.2 Å². The lowest BCUT2D eigenvalue weighted by molar-refractivity contribution is 0.0794. The van der Waals surface area contributed by atoms with Crippen LogP contribution in [0.15, 0.2) is 48.7 Å². The third-order valence-electron chi connectivity index (χ3n) is 6.84. The van der Waals surface area contributed by atoms with Gasteiger partial charge in [0.25, 0.3) is 5.91 Å². The number of amides is 1. The molecule has 0 saturated carbocycles. The molecule has 0 unspecified atom stereocenters. The summed E-state index contributed by atoms with van der Waals surface area (Å²) in [7, 11) is 4.08. The molecule has 1 N–H and O–H groups in total. The second kappa shape index (κ2) is 8.38. The number of piperidine rings is 1. The van der Waals surface area contributed by atoms with Gasteiger partial charge in [-0.1, -0.05) is 24.8 Å². The fourth-order valence-corrected chi connectivity index (χ4v) is 4.95. The van der Waals surface area contributed by atoms with Crippen LogP contribution in [0.3, 0.4) is 0 Å². The molecule has 3 aromatic rings. The first-order chi connectivity index (χ1) is 15.9. The zero-order valence-corrected chi connectivity index (χ0v) is 19.1. The number of carbonyl (C=O) groups excluding carboxylic acids is 1. The lowest BCUT2D eigenvalue weighted by Gasteiger charge is -2.30. The van der Waals surface area contributed by atoms with E-state index in [2.05, 4.69) is 59.3 Å². The first kappa shape index (κ1) is 21.2. The van der Waals surface area contributed by atoms with Crippen LogP contribution < -0.4 is 5.32 Å². The second-order valence-corrected chi connectivity index (χ2v) is 9.15. The monoisotopic (exact) mass is 440 g/mol. The van der Waals surface area contributed by atoms with Gasteiger partial charge in [0, 0.05) is 36.3 Å². The highest BCUT2D eigenvalue weighted by Gasteiger charge is 2.33. The van der Waals surface area contributed by atoms with Gasteiger partial charge in [-0.15, -0.1) is 0 Å². The van der Waals surface area contributed by atoms with Gasteiger partial charge in [-0.25, -0.2) is 0 Å². The number of hydrogen-bond acceptors (Lipinski definition) is 5. The maximum Gasteiger partial charge on any atom is 0.256 e. The standard InChI is InChI=1S/C26H28N6O/c1-17(13-27)15-32-16-22-21(18-4-5-19-14-28-31(3)24(19)12-18)6-7-23(25(22)26(32)33)29-20-8-10-30(2)11-9-20/h4-7,12,14,20,29H,1,8-11,15-16H2,2-3H3. The number of nitrogens with one attached hydrogen (secondary N) is 1. The summed E-state index contributed by atoms with van der Waals surface area (Å²) in [5, 5.41) is 18.3. The van der Waals surface area contributed by atoms with Crippen molar-refractivity contribution in [1.82, 2.24) is 19.6 Å². The quantitative estimate of drug-likeness (QED) is 0.611. The molecule has 1 saturated heterocycles. The van der Waals surface area contributed by atoms with Gasteiger partial charge in [0.15, 0.2) is 0 Å². The average Bonchev–Trinajstić information content (AvgIpc) is 3.35. The first-order valence-electron chi connectivity index (χ1n) is 11.3. The normalized spacial score (nSPS) is 16.8. The first-order valence-corrected chi connectivity index (χ1v) is 11.3. The Bertz CT molecular complexity index is 1290. The fourth-order valence-electron chi connectivity index (χ4n) is 4.95. The molecule has 5 rings (SSSR count). The maximum absolute atomic E-state index is 13.5. The van der Waals surface area contributed by atoms with Gasteiger partial charge in [0.1, 0.15) is 0 Å². The van der Waals surface area contributed by atoms with E-state index in [1.54, 1.807) is 4.90 Å². The molecule has 7 nitrogen and oxygen atoms in total. The molecular formula is C26H28N6O. The van der Waals surface area contributed by atoms with Crippen molar-refractivity contribution in [2.45, 2.75) is 25.4 Å². The molecule has 1 fully saturated rings.